The molecule has 0 aliphatic carbocycles. The standard InChI is InChI=1S/C14H20N4S/c1-16(2)8-13-9-18-5-4-17(10-14(18)15-13)7-12-3-6-19-11-12/h3,6,9,11H,4-5,7-8,10H2,1-2H3. The smallest absolute Gasteiger partial charge is 0.123 e. The number of fused-ring (bicyclic) bond motifs is 1. The van der Waals surface area contributed by atoms with Crippen LogP contribution in [-0.4, -0.2) is 40.0 Å². The van der Waals surface area contributed by atoms with Crippen molar-refractivity contribution in [3.8, 4) is 0 Å². The molecule has 19 heavy (non-hydrogen) atoms. The summed E-state index contributed by atoms with van der Waals surface area (Å²) in [5.74, 6) is 1.21. The molecule has 0 amide bonds. The molecular formula is C14H20N4S. The van der Waals surface area contributed by atoms with Gasteiger partial charge in [0, 0.05) is 32.4 Å². The van der Waals surface area contributed by atoms with Gasteiger partial charge >= 0.3 is 0 Å². The number of rotatable bonds is 4. The molecule has 0 atom stereocenters. The second-order valence-corrected chi connectivity index (χ2v) is 6.20. The van der Waals surface area contributed by atoms with Gasteiger partial charge in [-0.15, -0.1) is 0 Å². The highest BCUT2D eigenvalue weighted by atomic mass is 32.1. The van der Waals surface area contributed by atoms with Crippen molar-refractivity contribution in [1.82, 2.24) is 19.4 Å². The zero-order chi connectivity index (χ0) is 13.2. The van der Waals surface area contributed by atoms with Gasteiger partial charge in [-0.1, -0.05) is 0 Å². The van der Waals surface area contributed by atoms with Crippen molar-refractivity contribution in [1.29, 1.82) is 0 Å². The average molecular weight is 276 g/mol. The summed E-state index contributed by atoms with van der Waals surface area (Å²) in [5.41, 5.74) is 2.59. The van der Waals surface area contributed by atoms with E-state index in [-0.39, 0.29) is 0 Å². The zero-order valence-electron chi connectivity index (χ0n) is 11.5. The third kappa shape index (κ3) is 3.05. The summed E-state index contributed by atoms with van der Waals surface area (Å²) in [6.45, 7) is 5.09. The molecular weight excluding hydrogens is 256 g/mol. The molecule has 0 saturated carbocycles. The van der Waals surface area contributed by atoms with Crippen LogP contribution in [0.5, 0.6) is 0 Å². The predicted octanol–water partition coefficient (Wildman–Crippen LogP) is 2.02. The second kappa shape index (κ2) is 5.45. The molecule has 102 valence electrons. The van der Waals surface area contributed by atoms with Crippen LogP contribution >= 0.6 is 11.3 Å². The quantitative estimate of drug-likeness (QED) is 0.854. The molecule has 2 aromatic heterocycles. The minimum absolute atomic E-state index is 0.921. The van der Waals surface area contributed by atoms with E-state index in [2.05, 4.69) is 51.5 Å². The molecule has 2 aromatic rings. The van der Waals surface area contributed by atoms with Crippen molar-refractivity contribution in [2.75, 3.05) is 20.6 Å². The van der Waals surface area contributed by atoms with Crippen molar-refractivity contribution in [2.45, 2.75) is 26.2 Å². The molecule has 0 fully saturated rings. The number of imidazole rings is 1. The van der Waals surface area contributed by atoms with Crippen molar-refractivity contribution >= 4 is 11.3 Å². The molecule has 5 heteroatoms. The van der Waals surface area contributed by atoms with E-state index in [0.29, 0.717) is 0 Å². The van der Waals surface area contributed by atoms with Gasteiger partial charge in [-0.05, 0) is 36.5 Å². The fourth-order valence-corrected chi connectivity index (χ4v) is 3.20. The summed E-state index contributed by atoms with van der Waals surface area (Å²) in [7, 11) is 4.17. The number of aromatic nitrogens is 2. The summed E-state index contributed by atoms with van der Waals surface area (Å²) in [4.78, 5) is 9.39. The molecule has 1 aliphatic heterocycles. The molecule has 3 rings (SSSR count). The largest absolute Gasteiger partial charge is 0.332 e. The number of nitrogens with zero attached hydrogens (tertiary/aromatic N) is 4. The minimum Gasteiger partial charge on any atom is -0.332 e. The normalized spacial score (nSPS) is 15.9. The number of hydrogen-bond acceptors (Lipinski definition) is 4. The van der Waals surface area contributed by atoms with E-state index in [0.717, 1.165) is 32.7 Å². The lowest BCUT2D eigenvalue weighted by molar-refractivity contribution is 0.209. The van der Waals surface area contributed by atoms with Gasteiger partial charge in [-0.3, -0.25) is 4.90 Å². The van der Waals surface area contributed by atoms with E-state index < -0.39 is 0 Å². The van der Waals surface area contributed by atoms with E-state index in [9.17, 15) is 0 Å². The molecule has 0 unspecified atom stereocenters. The summed E-state index contributed by atoms with van der Waals surface area (Å²) in [5, 5.41) is 4.38. The fraction of sp³-hybridized carbons (Fsp3) is 0.500. The van der Waals surface area contributed by atoms with Crippen LogP contribution in [0.1, 0.15) is 17.1 Å². The van der Waals surface area contributed by atoms with Gasteiger partial charge < -0.3 is 9.47 Å². The Morgan fingerprint density at radius 2 is 2.26 bits per heavy atom. The lowest BCUT2D eigenvalue weighted by atomic mass is 10.3. The van der Waals surface area contributed by atoms with Crippen molar-refractivity contribution < 1.29 is 0 Å². The maximum Gasteiger partial charge on any atom is 0.123 e. The highest BCUT2D eigenvalue weighted by Crippen LogP contribution is 2.17. The van der Waals surface area contributed by atoms with E-state index in [1.54, 1.807) is 11.3 Å². The predicted molar refractivity (Wildman–Crippen MR) is 78.1 cm³/mol. The lowest BCUT2D eigenvalue weighted by Crippen LogP contribution is -2.33. The average Bonchev–Trinajstić information content (AvgIpc) is 2.96. The van der Waals surface area contributed by atoms with Crippen molar-refractivity contribution in [2.24, 2.45) is 0 Å². The highest BCUT2D eigenvalue weighted by molar-refractivity contribution is 7.07. The van der Waals surface area contributed by atoms with Gasteiger partial charge in [0.25, 0.3) is 0 Å². The molecule has 0 bridgehead atoms. The fourth-order valence-electron chi connectivity index (χ4n) is 2.54. The van der Waals surface area contributed by atoms with Gasteiger partial charge in [0.2, 0.25) is 0 Å². The Morgan fingerprint density at radius 1 is 1.37 bits per heavy atom. The Labute approximate surface area is 118 Å². The Bertz CT molecular complexity index is 530. The molecule has 0 spiro atoms. The SMILES string of the molecule is CN(C)Cc1cn2c(n1)CN(Cc1ccsc1)CC2. The lowest BCUT2D eigenvalue weighted by Gasteiger charge is -2.27. The molecule has 3 heterocycles. The minimum atomic E-state index is 0.921. The number of thiophene rings is 1. The summed E-state index contributed by atoms with van der Waals surface area (Å²) < 4.78 is 2.31. The van der Waals surface area contributed by atoms with E-state index in [1.165, 1.54) is 17.1 Å². The van der Waals surface area contributed by atoms with Crippen molar-refractivity contribution in [3.05, 3.63) is 40.1 Å². The molecule has 0 radical (unpaired) electrons. The Morgan fingerprint density at radius 3 is 3.00 bits per heavy atom. The van der Waals surface area contributed by atoms with Gasteiger partial charge in [0.15, 0.2) is 0 Å². The summed E-state index contributed by atoms with van der Waals surface area (Å²) >= 11 is 1.77. The first-order valence-corrected chi connectivity index (χ1v) is 7.58. The van der Waals surface area contributed by atoms with Gasteiger partial charge in [-0.2, -0.15) is 11.3 Å². The molecule has 4 nitrogen and oxygen atoms in total. The van der Waals surface area contributed by atoms with Crippen LogP contribution in [0.3, 0.4) is 0 Å². The van der Waals surface area contributed by atoms with Crippen LogP contribution in [0, 0.1) is 0 Å². The van der Waals surface area contributed by atoms with Crippen molar-refractivity contribution in [3.63, 3.8) is 0 Å². The third-order valence-corrected chi connectivity index (χ3v) is 4.13. The highest BCUT2D eigenvalue weighted by Gasteiger charge is 2.18. The third-order valence-electron chi connectivity index (χ3n) is 3.40. The van der Waals surface area contributed by atoms with Crippen LogP contribution in [0.4, 0.5) is 0 Å². The van der Waals surface area contributed by atoms with Crippen LogP contribution in [-0.2, 0) is 26.2 Å². The van der Waals surface area contributed by atoms with E-state index in [4.69, 9.17) is 4.98 Å². The van der Waals surface area contributed by atoms with Gasteiger partial charge in [0.05, 0.1) is 12.2 Å². The topological polar surface area (TPSA) is 24.3 Å². The first-order valence-electron chi connectivity index (χ1n) is 6.64. The van der Waals surface area contributed by atoms with Crippen LogP contribution in [0.2, 0.25) is 0 Å². The zero-order valence-corrected chi connectivity index (χ0v) is 12.4. The van der Waals surface area contributed by atoms with Crippen LogP contribution in [0.25, 0.3) is 0 Å². The first-order chi connectivity index (χ1) is 9.20. The molecule has 1 aliphatic rings. The molecule has 0 N–H and O–H groups in total. The number of hydrogen-bond donors (Lipinski definition) is 0. The second-order valence-electron chi connectivity index (χ2n) is 5.42. The van der Waals surface area contributed by atoms with E-state index in [1.807, 2.05) is 0 Å². The maximum absolute atomic E-state index is 4.75. The first kappa shape index (κ1) is 12.8. The van der Waals surface area contributed by atoms with Crippen LogP contribution < -0.4 is 0 Å². The van der Waals surface area contributed by atoms with Crippen LogP contribution in [0.15, 0.2) is 23.0 Å². The molecule has 0 saturated heterocycles. The Kier molecular flexibility index (Phi) is 3.68. The summed E-state index contributed by atoms with van der Waals surface area (Å²) in [6, 6.07) is 2.21. The van der Waals surface area contributed by atoms with Gasteiger partial charge in [0.1, 0.15) is 5.82 Å². The van der Waals surface area contributed by atoms with Gasteiger partial charge in [-0.25, -0.2) is 4.98 Å². The Hall–Kier alpha value is -1.17. The Balaban J connectivity index is 1.67. The van der Waals surface area contributed by atoms with E-state index >= 15 is 0 Å². The monoisotopic (exact) mass is 276 g/mol. The molecule has 0 aromatic carbocycles. The maximum atomic E-state index is 4.75. The summed E-state index contributed by atoms with van der Waals surface area (Å²) in [6.07, 6.45) is 2.21.